The maximum Gasteiger partial charge on any atom is 0.126 e. The maximum atomic E-state index is 9.55. The lowest BCUT2D eigenvalue weighted by Gasteiger charge is -2.41. The van der Waals surface area contributed by atoms with Crippen LogP contribution in [0, 0.1) is 0 Å². The van der Waals surface area contributed by atoms with Gasteiger partial charge in [-0.15, -0.1) is 0 Å². The van der Waals surface area contributed by atoms with E-state index in [1.54, 1.807) is 0 Å². The fourth-order valence-corrected chi connectivity index (χ4v) is 1.53. The Bertz CT molecular complexity index is 192. The highest BCUT2D eigenvalue weighted by Gasteiger charge is 2.41. The summed E-state index contributed by atoms with van der Waals surface area (Å²) in [6.07, 6.45) is -3.91. The molecule has 0 bridgehead atoms. The van der Waals surface area contributed by atoms with Crippen LogP contribution < -0.4 is 11.1 Å². The molecule has 0 saturated carbocycles. The molecule has 7 heteroatoms. The van der Waals surface area contributed by atoms with Gasteiger partial charge in [-0.3, -0.25) is 5.32 Å². The number of nitrogens with two attached hydrogens (primary N) is 1. The van der Waals surface area contributed by atoms with Gasteiger partial charge in [0.15, 0.2) is 0 Å². The third kappa shape index (κ3) is 2.85. The monoisotopic (exact) mass is 222 g/mol. The van der Waals surface area contributed by atoms with Crippen molar-refractivity contribution in [2.45, 2.75) is 30.6 Å². The summed E-state index contributed by atoms with van der Waals surface area (Å²) in [6, 6.07) is -0.797. The second-order valence-corrected chi connectivity index (χ2v) is 3.51. The predicted molar refractivity (Wildman–Crippen MR) is 50.8 cm³/mol. The van der Waals surface area contributed by atoms with Gasteiger partial charge in [0.25, 0.3) is 0 Å². The van der Waals surface area contributed by atoms with Crippen molar-refractivity contribution in [3.63, 3.8) is 0 Å². The van der Waals surface area contributed by atoms with Gasteiger partial charge in [0.2, 0.25) is 0 Å². The van der Waals surface area contributed by atoms with Gasteiger partial charge in [-0.25, -0.2) is 0 Å². The molecule has 5 atom stereocenters. The van der Waals surface area contributed by atoms with Gasteiger partial charge in [0.1, 0.15) is 24.5 Å². The molecule has 0 aromatic heterocycles. The Balaban J connectivity index is 2.57. The SMILES string of the molecule is N[C@@H]1[C@@H](O)[C@H](O)[C@@H](CO)O[C@H]1NCCO. The molecule has 0 aromatic rings. The second kappa shape index (κ2) is 5.71. The number of hydrogen-bond acceptors (Lipinski definition) is 7. The molecule has 1 aliphatic heterocycles. The van der Waals surface area contributed by atoms with Crippen LogP contribution in [0.15, 0.2) is 0 Å². The van der Waals surface area contributed by atoms with Gasteiger partial charge < -0.3 is 30.9 Å². The van der Waals surface area contributed by atoms with E-state index in [1.165, 1.54) is 0 Å². The Kier molecular flexibility index (Phi) is 4.87. The molecule has 15 heavy (non-hydrogen) atoms. The van der Waals surface area contributed by atoms with Crippen molar-refractivity contribution in [1.82, 2.24) is 5.32 Å². The minimum absolute atomic E-state index is 0.0883. The van der Waals surface area contributed by atoms with Gasteiger partial charge in [0, 0.05) is 6.54 Å². The largest absolute Gasteiger partial charge is 0.395 e. The minimum Gasteiger partial charge on any atom is -0.395 e. The van der Waals surface area contributed by atoms with E-state index in [0.717, 1.165) is 0 Å². The van der Waals surface area contributed by atoms with Gasteiger partial charge in [-0.1, -0.05) is 0 Å². The smallest absolute Gasteiger partial charge is 0.126 e. The van der Waals surface area contributed by atoms with Crippen molar-refractivity contribution < 1.29 is 25.2 Å². The molecule has 1 saturated heterocycles. The lowest BCUT2D eigenvalue weighted by molar-refractivity contribution is -0.196. The van der Waals surface area contributed by atoms with E-state index >= 15 is 0 Å². The summed E-state index contributed by atoms with van der Waals surface area (Å²) in [6.45, 7) is -0.226. The molecule has 0 spiro atoms. The molecule has 1 aliphatic rings. The Labute approximate surface area is 87.5 Å². The van der Waals surface area contributed by atoms with E-state index in [-0.39, 0.29) is 13.2 Å². The third-order valence-electron chi connectivity index (χ3n) is 2.43. The first-order valence-electron chi connectivity index (χ1n) is 4.84. The average Bonchev–Trinajstić information content (AvgIpc) is 2.25. The topological polar surface area (TPSA) is 128 Å². The van der Waals surface area contributed by atoms with Crippen molar-refractivity contribution in [1.29, 1.82) is 0 Å². The van der Waals surface area contributed by atoms with Crippen LogP contribution in [0.4, 0.5) is 0 Å². The lowest BCUT2D eigenvalue weighted by atomic mass is 9.97. The summed E-state index contributed by atoms with van der Waals surface area (Å²) in [5.74, 6) is 0. The molecular weight excluding hydrogens is 204 g/mol. The summed E-state index contributed by atoms with van der Waals surface area (Å²) in [5.41, 5.74) is 5.61. The number of ether oxygens (including phenoxy) is 1. The third-order valence-corrected chi connectivity index (χ3v) is 2.43. The zero-order valence-electron chi connectivity index (χ0n) is 8.28. The van der Waals surface area contributed by atoms with Crippen LogP contribution in [-0.2, 0) is 4.74 Å². The number of aliphatic hydroxyl groups excluding tert-OH is 4. The van der Waals surface area contributed by atoms with Crippen molar-refractivity contribution in [2.75, 3.05) is 19.8 Å². The molecule has 0 aliphatic carbocycles. The highest BCUT2D eigenvalue weighted by molar-refractivity contribution is 4.93. The van der Waals surface area contributed by atoms with E-state index in [1.807, 2.05) is 0 Å². The standard InChI is InChI=1S/C8H18N2O5/c9-5-7(14)6(13)4(3-12)15-8(5)10-1-2-11/h4-8,10-14H,1-3,9H2/t4-,5-,6-,7-,8-/m1/s1. The van der Waals surface area contributed by atoms with Crippen molar-refractivity contribution >= 4 is 0 Å². The molecule has 7 nitrogen and oxygen atoms in total. The number of nitrogens with one attached hydrogen (secondary N) is 1. The van der Waals surface area contributed by atoms with E-state index < -0.39 is 37.2 Å². The molecule has 1 fully saturated rings. The summed E-state index contributed by atoms with van der Waals surface area (Å²) >= 11 is 0. The second-order valence-electron chi connectivity index (χ2n) is 3.51. The fourth-order valence-electron chi connectivity index (χ4n) is 1.53. The van der Waals surface area contributed by atoms with E-state index in [4.69, 9.17) is 20.7 Å². The molecule has 90 valence electrons. The summed E-state index contributed by atoms with van der Waals surface area (Å²) in [4.78, 5) is 0. The first-order chi connectivity index (χ1) is 7.11. The fraction of sp³-hybridized carbons (Fsp3) is 1.00. The Hall–Kier alpha value is -0.280. The Morgan fingerprint density at radius 2 is 1.87 bits per heavy atom. The van der Waals surface area contributed by atoms with E-state index in [9.17, 15) is 10.2 Å². The summed E-state index contributed by atoms with van der Waals surface area (Å²) in [5, 5.41) is 39.3. The van der Waals surface area contributed by atoms with Gasteiger partial charge in [-0.05, 0) is 0 Å². The van der Waals surface area contributed by atoms with Gasteiger partial charge in [0.05, 0.1) is 19.3 Å². The zero-order chi connectivity index (χ0) is 11.4. The summed E-state index contributed by atoms with van der Waals surface area (Å²) in [7, 11) is 0. The molecule has 0 aromatic carbocycles. The average molecular weight is 222 g/mol. The highest BCUT2D eigenvalue weighted by Crippen LogP contribution is 2.17. The summed E-state index contributed by atoms with van der Waals surface area (Å²) < 4.78 is 5.23. The lowest BCUT2D eigenvalue weighted by Crippen LogP contribution is -2.65. The predicted octanol–water partition coefficient (Wildman–Crippen LogP) is -3.67. The van der Waals surface area contributed by atoms with Crippen LogP contribution in [0.25, 0.3) is 0 Å². The van der Waals surface area contributed by atoms with Crippen LogP contribution in [0.1, 0.15) is 0 Å². The molecule has 0 amide bonds. The molecule has 1 heterocycles. The molecule has 0 unspecified atom stereocenters. The normalized spacial score (nSPS) is 41.8. The first-order valence-corrected chi connectivity index (χ1v) is 4.84. The van der Waals surface area contributed by atoms with Crippen LogP contribution in [0.3, 0.4) is 0 Å². The Morgan fingerprint density at radius 3 is 2.40 bits per heavy atom. The van der Waals surface area contributed by atoms with Crippen LogP contribution in [-0.4, -0.2) is 70.8 Å². The maximum absolute atomic E-state index is 9.55. The molecule has 0 radical (unpaired) electrons. The minimum atomic E-state index is -1.20. The van der Waals surface area contributed by atoms with Crippen molar-refractivity contribution in [2.24, 2.45) is 5.73 Å². The number of rotatable bonds is 4. The quantitative estimate of drug-likeness (QED) is 0.289. The number of aliphatic hydroxyl groups is 4. The van der Waals surface area contributed by atoms with Crippen molar-refractivity contribution in [3.8, 4) is 0 Å². The number of hydrogen-bond donors (Lipinski definition) is 6. The van der Waals surface area contributed by atoms with Crippen LogP contribution in [0.5, 0.6) is 0 Å². The zero-order valence-corrected chi connectivity index (χ0v) is 8.28. The van der Waals surface area contributed by atoms with Gasteiger partial charge >= 0.3 is 0 Å². The molecular formula is C8H18N2O5. The highest BCUT2D eigenvalue weighted by atomic mass is 16.5. The van der Waals surface area contributed by atoms with E-state index in [0.29, 0.717) is 0 Å². The van der Waals surface area contributed by atoms with Crippen LogP contribution >= 0.6 is 0 Å². The van der Waals surface area contributed by atoms with Crippen LogP contribution in [0.2, 0.25) is 0 Å². The molecule has 1 rings (SSSR count). The van der Waals surface area contributed by atoms with Gasteiger partial charge in [-0.2, -0.15) is 0 Å². The van der Waals surface area contributed by atoms with Crippen molar-refractivity contribution in [3.05, 3.63) is 0 Å². The first kappa shape index (κ1) is 12.8. The Morgan fingerprint density at radius 1 is 1.20 bits per heavy atom. The van der Waals surface area contributed by atoms with E-state index in [2.05, 4.69) is 5.32 Å². The molecule has 7 N–H and O–H groups in total.